The number of hydrogen-bond acceptors (Lipinski definition) is 8. The number of carbonyl (C=O) groups is 2. The van der Waals surface area contributed by atoms with Gasteiger partial charge in [-0.15, -0.1) is 0 Å². The molecule has 2 rings (SSSR count). The minimum Gasteiger partial charge on any atom is -0.464 e. The number of carbonyl (C=O) groups excluding carboxylic acids is 2. The molecular formula is C20H29N3O6. The van der Waals surface area contributed by atoms with Gasteiger partial charge in [0.05, 0.1) is 12.8 Å². The summed E-state index contributed by atoms with van der Waals surface area (Å²) >= 11 is 0. The van der Waals surface area contributed by atoms with E-state index in [9.17, 15) is 9.59 Å². The van der Waals surface area contributed by atoms with Crippen LogP contribution in [0.5, 0.6) is 5.75 Å². The standard InChI is InChI=1S/C20H29N3O6/c1-20(2,3)28-19(26)23-11-5-4-6-15(23)12-22-29-18(25)17(21)27-16-9-7-14(13-24)8-10-16/h7-10,12,17,22,24H,4-6,11,13,21H2,1-3H3. The zero-order chi connectivity index (χ0) is 21.4. The van der Waals surface area contributed by atoms with Gasteiger partial charge in [0, 0.05) is 12.2 Å². The van der Waals surface area contributed by atoms with Crippen LogP contribution in [0.4, 0.5) is 4.79 Å². The minimum atomic E-state index is -1.34. The third-order valence-electron chi connectivity index (χ3n) is 4.01. The second kappa shape index (κ2) is 10.1. The Hall–Kier alpha value is -2.78. The van der Waals surface area contributed by atoms with Crippen LogP contribution in [0, 0.1) is 0 Å². The maximum atomic E-state index is 12.3. The van der Waals surface area contributed by atoms with Crippen LogP contribution < -0.4 is 16.0 Å². The summed E-state index contributed by atoms with van der Waals surface area (Å²) in [6.45, 7) is 5.85. The highest BCUT2D eigenvalue weighted by Gasteiger charge is 2.27. The summed E-state index contributed by atoms with van der Waals surface area (Å²) in [7, 11) is 0. The number of likely N-dealkylation sites (tertiary alicyclic amines) is 1. The summed E-state index contributed by atoms with van der Waals surface area (Å²) in [5, 5.41) is 9.03. The van der Waals surface area contributed by atoms with Gasteiger partial charge < -0.3 is 19.4 Å². The zero-order valence-corrected chi connectivity index (χ0v) is 17.0. The van der Waals surface area contributed by atoms with E-state index < -0.39 is 23.9 Å². The van der Waals surface area contributed by atoms with E-state index in [-0.39, 0.29) is 6.61 Å². The summed E-state index contributed by atoms with van der Waals surface area (Å²) in [5.74, 6) is -0.457. The fourth-order valence-electron chi connectivity index (χ4n) is 2.61. The van der Waals surface area contributed by atoms with E-state index in [4.69, 9.17) is 25.2 Å². The van der Waals surface area contributed by atoms with Gasteiger partial charge in [-0.2, -0.15) is 0 Å². The maximum Gasteiger partial charge on any atom is 0.414 e. The Morgan fingerprint density at radius 1 is 1.28 bits per heavy atom. The summed E-state index contributed by atoms with van der Waals surface area (Å²) in [4.78, 5) is 30.8. The van der Waals surface area contributed by atoms with Gasteiger partial charge in [-0.25, -0.2) is 15.1 Å². The molecule has 160 valence electrons. The molecule has 1 saturated heterocycles. The number of allylic oxidation sites excluding steroid dienone is 1. The van der Waals surface area contributed by atoms with Crippen molar-refractivity contribution in [1.29, 1.82) is 0 Å². The van der Waals surface area contributed by atoms with E-state index in [1.807, 2.05) is 0 Å². The Morgan fingerprint density at radius 3 is 2.59 bits per heavy atom. The number of piperidine rings is 1. The Morgan fingerprint density at radius 2 is 1.97 bits per heavy atom. The number of benzene rings is 1. The average molecular weight is 407 g/mol. The zero-order valence-electron chi connectivity index (χ0n) is 17.0. The van der Waals surface area contributed by atoms with Gasteiger partial charge in [0.25, 0.3) is 0 Å². The molecule has 0 saturated carbocycles. The van der Waals surface area contributed by atoms with Crippen LogP contribution in [0.1, 0.15) is 45.6 Å². The number of hydroxylamine groups is 1. The molecule has 0 aliphatic carbocycles. The molecule has 1 atom stereocenters. The fraction of sp³-hybridized carbons (Fsp3) is 0.500. The molecule has 0 radical (unpaired) electrons. The molecule has 1 unspecified atom stereocenters. The smallest absolute Gasteiger partial charge is 0.414 e. The number of ether oxygens (including phenoxy) is 2. The minimum absolute atomic E-state index is 0.0900. The van der Waals surface area contributed by atoms with Crippen LogP contribution in [0.25, 0.3) is 0 Å². The third-order valence-corrected chi connectivity index (χ3v) is 4.01. The predicted octanol–water partition coefficient (Wildman–Crippen LogP) is 2.15. The first kappa shape index (κ1) is 22.5. The highest BCUT2D eigenvalue weighted by Crippen LogP contribution is 2.22. The van der Waals surface area contributed by atoms with Crippen LogP contribution in [-0.2, 0) is 21.0 Å². The molecule has 0 aromatic heterocycles. The first-order valence-electron chi connectivity index (χ1n) is 9.47. The fourth-order valence-corrected chi connectivity index (χ4v) is 2.61. The number of aliphatic hydroxyl groups excluding tert-OH is 1. The van der Waals surface area contributed by atoms with Crippen molar-refractivity contribution in [2.75, 3.05) is 6.54 Å². The molecule has 1 aliphatic rings. The van der Waals surface area contributed by atoms with Crippen molar-refractivity contribution >= 4 is 12.1 Å². The van der Waals surface area contributed by atoms with Crippen LogP contribution in [0.2, 0.25) is 0 Å². The molecule has 1 aliphatic heterocycles. The maximum absolute atomic E-state index is 12.3. The number of rotatable bonds is 6. The number of aliphatic hydroxyl groups is 1. The second-order valence-corrected chi connectivity index (χ2v) is 7.60. The molecule has 1 aromatic carbocycles. The van der Waals surface area contributed by atoms with Crippen molar-refractivity contribution < 1.29 is 29.0 Å². The van der Waals surface area contributed by atoms with Crippen molar-refractivity contribution in [1.82, 2.24) is 10.4 Å². The van der Waals surface area contributed by atoms with E-state index in [2.05, 4.69) is 5.48 Å². The van der Waals surface area contributed by atoms with Gasteiger partial charge in [0.15, 0.2) is 0 Å². The molecule has 9 nitrogen and oxygen atoms in total. The van der Waals surface area contributed by atoms with E-state index in [0.29, 0.717) is 30.0 Å². The first-order chi connectivity index (χ1) is 13.7. The van der Waals surface area contributed by atoms with Gasteiger partial charge in [0.1, 0.15) is 11.4 Å². The quantitative estimate of drug-likeness (QED) is 0.484. The van der Waals surface area contributed by atoms with Crippen LogP contribution in [-0.4, -0.2) is 40.4 Å². The van der Waals surface area contributed by atoms with Gasteiger partial charge in [-0.1, -0.05) is 12.1 Å². The summed E-state index contributed by atoms with van der Waals surface area (Å²) in [6, 6.07) is 6.50. The van der Waals surface area contributed by atoms with Gasteiger partial charge >= 0.3 is 12.1 Å². The normalized spacial score (nSPS) is 16.9. The molecule has 1 amide bonds. The lowest BCUT2D eigenvalue weighted by Crippen LogP contribution is -2.41. The van der Waals surface area contributed by atoms with Crippen LogP contribution in [0.15, 0.2) is 36.2 Å². The molecule has 1 heterocycles. The van der Waals surface area contributed by atoms with E-state index in [1.54, 1.807) is 45.0 Å². The molecule has 1 aromatic rings. The lowest BCUT2D eigenvalue weighted by atomic mass is 10.1. The first-order valence-corrected chi connectivity index (χ1v) is 9.47. The Labute approximate surface area is 170 Å². The SMILES string of the molecule is CC(C)(C)OC(=O)N1CCCCC1=CNOC(=O)C(N)Oc1ccc(CO)cc1. The topological polar surface area (TPSA) is 123 Å². The summed E-state index contributed by atoms with van der Waals surface area (Å²) < 4.78 is 10.7. The number of nitrogens with zero attached hydrogens (tertiary/aromatic N) is 1. The van der Waals surface area contributed by atoms with Crippen molar-refractivity contribution in [2.24, 2.45) is 5.73 Å². The largest absolute Gasteiger partial charge is 0.464 e. The van der Waals surface area contributed by atoms with Crippen LogP contribution >= 0.6 is 0 Å². The third kappa shape index (κ3) is 7.28. The summed E-state index contributed by atoms with van der Waals surface area (Å²) in [5.41, 5.74) is 8.90. The number of amides is 1. The highest BCUT2D eigenvalue weighted by molar-refractivity contribution is 5.74. The van der Waals surface area contributed by atoms with Crippen molar-refractivity contribution in [3.8, 4) is 5.75 Å². The summed E-state index contributed by atoms with van der Waals surface area (Å²) in [6.07, 6.45) is 2.09. The van der Waals surface area contributed by atoms with Crippen molar-refractivity contribution in [2.45, 2.75) is 58.5 Å². The molecule has 9 heteroatoms. The molecular weight excluding hydrogens is 378 g/mol. The molecule has 29 heavy (non-hydrogen) atoms. The Balaban J connectivity index is 1.88. The number of nitrogens with one attached hydrogen (secondary N) is 1. The molecule has 1 fully saturated rings. The second-order valence-electron chi connectivity index (χ2n) is 7.60. The van der Waals surface area contributed by atoms with Gasteiger partial charge in [0.2, 0.25) is 6.23 Å². The predicted molar refractivity (Wildman–Crippen MR) is 105 cm³/mol. The number of nitrogens with two attached hydrogens (primary N) is 1. The lowest BCUT2D eigenvalue weighted by Gasteiger charge is -2.31. The Bertz CT molecular complexity index is 727. The molecule has 0 bridgehead atoms. The monoisotopic (exact) mass is 407 g/mol. The van der Waals surface area contributed by atoms with E-state index in [0.717, 1.165) is 12.8 Å². The Kier molecular flexibility index (Phi) is 7.86. The van der Waals surface area contributed by atoms with Gasteiger partial charge in [-0.3, -0.25) is 10.6 Å². The molecule has 0 spiro atoms. The molecule has 4 N–H and O–H groups in total. The average Bonchev–Trinajstić information content (AvgIpc) is 2.67. The number of hydrogen-bond donors (Lipinski definition) is 3. The highest BCUT2D eigenvalue weighted by atomic mass is 16.7. The lowest BCUT2D eigenvalue weighted by molar-refractivity contribution is -0.157. The van der Waals surface area contributed by atoms with E-state index in [1.165, 1.54) is 11.1 Å². The van der Waals surface area contributed by atoms with Gasteiger partial charge in [-0.05, 0) is 57.7 Å². The van der Waals surface area contributed by atoms with E-state index >= 15 is 0 Å². The van der Waals surface area contributed by atoms with Crippen molar-refractivity contribution in [3.63, 3.8) is 0 Å². The van der Waals surface area contributed by atoms with Crippen LogP contribution in [0.3, 0.4) is 0 Å². The van der Waals surface area contributed by atoms with Crippen molar-refractivity contribution in [3.05, 3.63) is 41.7 Å².